The van der Waals surface area contributed by atoms with Crippen LogP contribution in [0.25, 0.3) is 0 Å². The molecule has 0 rings (SSSR count). The van der Waals surface area contributed by atoms with Crippen molar-refractivity contribution in [1.82, 2.24) is 4.90 Å². The van der Waals surface area contributed by atoms with Crippen LogP contribution >= 0.6 is 12.4 Å². The molecule has 0 aliphatic carbocycles. The van der Waals surface area contributed by atoms with Crippen LogP contribution in [-0.2, 0) is 9.53 Å². The highest BCUT2D eigenvalue weighted by Crippen LogP contribution is 1.94. The Morgan fingerprint density at radius 1 is 1.50 bits per heavy atom. The molecule has 0 aromatic carbocycles. The molecule has 0 aliphatic heterocycles. The van der Waals surface area contributed by atoms with Crippen LogP contribution in [0.4, 0.5) is 0 Å². The molecule has 0 aromatic rings. The topological polar surface area (TPSA) is 29.5 Å². The number of hydrogen-bond donors (Lipinski definition) is 0. The molecule has 0 fully saturated rings. The van der Waals surface area contributed by atoms with Crippen molar-refractivity contribution in [2.24, 2.45) is 0 Å². The smallest absolute Gasteiger partial charge is 0.333 e. The maximum atomic E-state index is 10.8. The molecule has 0 bridgehead atoms. The molecule has 4 heteroatoms. The van der Waals surface area contributed by atoms with Crippen molar-refractivity contribution in [3.05, 3.63) is 11.6 Å². The largest absolute Gasteiger partial charge is 0.466 e. The predicted molar refractivity (Wildman–Crippen MR) is 51.6 cm³/mol. The second kappa shape index (κ2) is 7.13. The van der Waals surface area contributed by atoms with Crippen LogP contribution in [0.15, 0.2) is 11.6 Å². The Labute approximate surface area is 79.8 Å². The summed E-state index contributed by atoms with van der Waals surface area (Å²) in [4.78, 5) is 12.8. The Balaban J connectivity index is 0. The van der Waals surface area contributed by atoms with Gasteiger partial charge in [-0.15, -0.1) is 12.4 Å². The van der Waals surface area contributed by atoms with Gasteiger partial charge in [-0.25, -0.2) is 4.79 Å². The fourth-order valence-corrected chi connectivity index (χ4v) is 0.564. The number of likely N-dealkylation sites (N-methyl/N-ethyl adjacent to an activating group) is 1. The van der Waals surface area contributed by atoms with Crippen molar-refractivity contribution in [3.63, 3.8) is 0 Å². The Kier molecular flexibility index (Phi) is 8.32. The first-order valence-electron chi connectivity index (χ1n) is 3.47. The third kappa shape index (κ3) is 6.19. The van der Waals surface area contributed by atoms with Crippen molar-refractivity contribution >= 4 is 18.4 Å². The molecule has 0 saturated carbocycles. The summed E-state index contributed by atoms with van der Waals surface area (Å²) in [5, 5.41) is 0. The number of carbonyl (C=O) groups excluding carboxylic acids is 1. The first kappa shape index (κ1) is 14.0. The Morgan fingerprint density at radius 2 is 2.00 bits per heavy atom. The number of nitrogens with zero attached hydrogens (tertiary/aromatic N) is 1. The predicted octanol–water partition coefficient (Wildman–Crippen LogP) is 1.09. The molecule has 0 aromatic heterocycles. The Hall–Kier alpha value is -0.540. The van der Waals surface area contributed by atoms with E-state index in [1.807, 2.05) is 25.1 Å². The highest BCUT2D eigenvalue weighted by molar-refractivity contribution is 5.87. The molecule has 0 saturated heterocycles. The number of ether oxygens (including phenoxy) is 1. The minimum absolute atomic E-state index is 0. The minimum Gasteiger partial charge on any atom is -0.466 e. The van der Waals surface area contributed by atoms with E-state index in [-0.39, 0.29) is 18.4 Å². The van der Waals surface area contributed by atoms with E-state index in [1.54, 1.807) is 6.92 Å². The van der Waals surface area contributed by atoms with Gasteiger partial charge in [0, 0.05) is 12.1 Å². The summed E-state index contributed by atoms with van der Waals surface area (Å²) in [6, 6.07) is 0. The van der Waals surface area contributed by atoms with Gasteiger partial charge in [-0.1, -0.05) is 6.08 Å². The number of methoxy groups -OCH3 is 1. The zero-order chi connectivity index (χ0) is 8.85. The summed E-state index contributed by atoms with van der Waals surface area (Å²) < 4.78 is 4.52. The number of rotatable bonds is 3. The quantitative estimate of drug-likeness (QED) is 0.497. The lowest BCUT2D eigenvalue weighted by atomic mass is 10.3. The molecule has 0 N–H and O–H groups in total. The number of hydrogen-bond acceptors (Lipinski definition) is 3. The van der Waals surface area contributed by atoms with E-state index in [9.17, 15) is 4.79 Å². The summed E-state index contributed by atoms with van der Waals surface area (Å²) in [6.45, 7) is 2.51. The molecular formula is C8H16ClNO2. The van der Waals surface area contributed by atoms with E-state index in [0.717, 1.165) is 6.54 Å². The molecule has 0 aliphatic rings. The number of carbonyl (C=O) groups is 1. The van der Waals surface area contributed by atoms with Crippen LogP contribution in [0, 0.1) is 0 Å². The van der Waals surface area contributed by atoms with E-state index in [2.05, 4.69) is 4.74 Å². The van der Waals surface area contributed by atoms with Gasteiger partial charge in [-0.2, -0.15) is 0 Å². The molecular weight excluding hydrogens is 178 g/mol. The van der Waals surface area contributed by atoms with Crippen molar-refractivity contribution in [1.29, 1.82) is 0 Å². The van der Waals surface area contributed by atoms with Crippen molar-refractivity contribution in [2.75, 3.05) is 27.7 Å². The lowest BCUT2D eigenvalue weighted by Crippen LogP contribution is -2.12. The van der Waals surface area contributed by atoms with Gasteiger partial charge >= 0.3 is 5.97 Å². The molecule has 0 spiro atoms. The van der Waals surface area contributed by atoms with Gasteiger partial charge in [0.25, 0.3) is 0 Å². The minimum atomic E-state index is -0.258. The third-order valence-electron chi connectivity index (χ3n) is 1.27. The molecule has 0 radical (unpaired) electrons. The highest BCUT2D eigenvalue weighted by atomic mass is 35.5. The molecule has 0 unspecified atom stereocenters. The van der Waals surface area contributed by atoms with Gasteiger partial charge in [0.1, 0.15) is 0 Å². The Morgan fingerprint density at radius 3 is 2.33 bits per heavy atom. The number of halogens is 1. The summed E-state index contributed by atoms with van der Waals surface area (Å²) >= 11 is 0. The fraction of sp³-hybridized carbons (Fsp3) is 0.625. The van der Waals surface area contributed by atoms with Crippen LogP contribution < -0.4 is 0 Å². The van der Waals surface area contributed by atoms with Crippen molar-refractivity contribution < 1.29 is 9.53 Å². The monoisotopic (exact) mass is 193 g/mol. The summed E-state index contributed by atoms with van der Waals surface area (Å²) in [5.74, 6) is -0.258. The van der Waals surface area contributed by atoms with Gasteiger partial charge < -0.3 is 9.64 Å². The van der Waals surface area contributed by atoms with E-state index in [0.29, 0.717) is 5.57 Å². The molecule has 0 atom stereocenters. The van der Waals surface area contributed by atoms with Crippen molar-refractivity contribution in [3.8, 4) is 0 Å². The maximum Gasteiger partial charge on any atom is 0.333 e. The van der Waals surface area contributed by atoms with Crippen LogP contribution in [-0.4, -0.2) is 38.6 Å². The van der Waals surface area contributed by atoms with Gasteiger partial charge in [0.2, 0.25) is 0 Å². The third-order valence-corrected chi connectivity index (χ3v) is 1.27. The van der Waals surface area contributed by atoms with E-state index in [1.165, 1.54) is 7.11 Å². The zero-order valence-corrected chi connectivity index (χ0v) is 8.77. The molecule has 0 amide bonds. The van der Waals surface area contributed by atoms with Crippen LogP contribution in [0.3, 0.4) is 0 Å². The second-order valence-corrected chi connectivity index (χ2v) is 2.64. The molecule has 0 heterocycles. The highest BCUT2D eigenvalue weighted by Gasteiger charge is 2.01. The average molecular weight is 194 g/mol. The van der Waals surface area contributed by atoms with Crippen LogP contribution in [0.1, 0.15) is 6.92 Å². The maximum absolute atomic E-state index is 10.8. The first-order valence-corrected chi connectivity index (χ1v) is 3.47. The van der Waals surface area contributed by atoms with Crippen LogP contribution in [0.2, 0.25) is 0 Å². The summed E-state index contributed by atoms with van der Waals surface area (Å²) in [7, 11) is 5.28. The first-order chi connectivity index (χ1) is 5.07. The van der Waals surface area contributed by atoms with E-state index >= 15 is 0 Å². The summed E-state index contributed by atoms with van der Waals surface area (Å²) in [6.07, 6.45) is 1.84. The standard InChI is InChI=1S/C8H15NO2.ClH/c1-7(8(10)11-4)5-6-9(2)3;/h5H,6H2,1-4H3;1H/b7-5-;. The molecule has 72 valence electrons. The van der Waals surface area contributed by atoms with Gasteiger partial charge in [0.05, 0.1) is 7.11 Å². The SMILES string of the molecule is COC(=O)/C(C)=C\CN(C)C.Cl. The normalized spacial score (nSPS) is 10.9. The zero-order valence-electron chi connectivity index (χ0n) is 7.96. The fourth-order valence-electron chi connectivity index (χ4n) is 0.564. The summed E-state index contributed by atoms with van der Waals surface area (Å²) in [5.41, 5.74) is 0.654. The Bertz CT molecular complexity index is 166. The van der Waals surface area contributed by atoms with Crippen LogP contribution in [0.5, 0.6) is 0 Å². The lowest BCUT2D eigenvalue weighted by molar-refractivity contribution is -0.136. The van der Waals surface area contributed by atoms with E-state index in [4.69, 9.17) is 0 Å². The second-order valence-electron chi connectivity index (χ2n) is 2.64. The molecule has 3 nitrogen and oxygen atoms in total. The van der Waals surface area contributed by atoms with E-state index < -0.39 is 0 Å². The number of esters is 1. The average Bonchev–Trinajstić information content (AvgIpc) is 1.98. The van der Waals surface area contributed by atoms with Gasteiger partial charge in [0.15, 0.2) is 0 Å². The molecule has 12 heavy (non-hydrogen) atoms. The lowest BCUT2D eigenvalue weighted by Gasteiger charge is -2.05. The van der Waals surface area contributed by atoms with Crippen molar-refractivity contribution in [2.45, 2.75) is 6.92 Å². The van der Waals surface area contributed by atoms with Gasteiger partial charge in [-0.3, -0.25) is 0 Å². The van der Waals surface area contributed by atoms with Gasteiger partial charge in [-0.05, 0) is 21.0 Å².